The zero-order valence-corrected chi connectivity index (χ0v) is 18.1. The SMILES string of the molecule is CN1CCc2nc(Nc3ncc(C(F)(F)F)c(N4OCCC4c4ccccc4)n3)sc2C1. The summed E-state index contributed by atoms with van der Waals surface area (Å²) in [5.41, 5.74) is 0.934. The molecule has 0 spiro atoms. The second-order valence-corrected chi connectivity index (χ2v) is 8.89. The number of thiazole rings is 1. The molecule has 168 valence electrons. The van der Waals surface area contributed by atoms with E-state index in [1.807, 2.05) is 37.4 Å². The first-order valence-electron chi connectivity index (χ1n) is 10.2. The number of rotatable bonds is 4. The fourth-order valence-corrected chi connectivity index (χ4v) is 5.01. The molecule has 0 aliphatic carbocycles. The average Bonchev–Trinajstić information content (AvgIpc) is 3.40. The van der Waals surface area contributed by atoms with E-state index < -0.39 is 11.7 Å². The van der Waals surface area contributed by atoms with Crippen LogP contribution in [0.5, 0.6) is 0 Å². The third kappa shape index (κ3) is 4.15. The number of hydrogen-bond donors (Lipinski definition) is 1. The number of hydroxylamine groups is 1. The number of likely N-dealkylation sites (N-methyl/N-ethyl adjacent to an activating group) is 1. The molecule has 1 fully saturated rings. The summed E-state index contributed by atoms with van der Waals surface area (Å²) in [5.74, 6) is -0.253. The summed E-state index contributed by atoms with van der Waals surface area (Å²) in [7, 11) is 2.04. The van der Waals surface area contributed by atoms with Crippen molar-refractivity contribution in [2.24, 2.45) is 0 Å². The Morgan fingerprint density at radius 3 is 2.78 bits per heavy atom. The minimum Gasteiger partial charge on any atom is -0.301 e. The van der Waals surface area contributed by atoms with Crippen molar-refractivity contribution in [1.29, 1.82) is 0 Å². The lowest BCUT2D eigenvalue weighted by atomic mass is 10.0. The summed E-state index contributed by atoms with van der Waals surface area (Å²) < 4.78 is 41.4. The first-order valence-corrected chi connectivity index (χ1v) is 11.1. The number of alkyl halides is 3. The van der Waals surface area contributed by atoms with Crippen molar-refractivity contribution >= 4 is 28.2 Å². The van der Waals surface area contributed by atoms with Gasteiger partial charge < -0.3 is 4.90 Å². The highest BCUT2D eigenvalue weighted by molar-refractivity contribution is 7.15. The van der Waals surface area contributed by atoms with Crippen LogP contribution in [0.2, 0.25) is 0 Å². The lowest BCUT2D eigenvalue weighted by Gasteiger charge is -2.26. The molecule has 1 atom stereocenters. The van der Waals surface area contributed by atoms with Gasteiger partial charge in [-0.05, 0) is 12.6 Å². The summed E-state index contributed by atoms with van der Waals surface area (Å²) in [6.45, 7) is 2.02. The van der Waals surface area contributed by atoms with Crippen LogP contribution in [0.25, 0.3) is 0 Å². The van der Waals surface area contributed by atoms with Crippen molar-refractivity contribution in [3.05, 3.63) is 58.2 Å². The van der Waals surface area contributed by atoms with Crippen molar-refractivity contribution in [2.75, 3.05) is 30.6 Å². The smallest absolute Gasteiger partial charge is 0.301 e. The molecule has 1 aromatic carbocycles. The summed E-state index contributed by atoms with van der Waals surface area (Å²) in [5, 5.41) is 4.81. The first-order chi connectivity index (χ1) is 15.4. The number of nitrogens with zero attached hydrogens (tertiary/aromatic N) is 5. The third-order valence-corrected chi connectivity index (χ3v) is 6.51. The quantitative estimate of drug-likeness (QED) is 0.609. The molecule has 2 aliphatic rings. The number of benzene rings is 1. The van der Waals surface area contributed by atoms with Crippen LogP contribution in [0.4, 0.5) is 30.1 Å². The minimum absolute atomic E-state index is 0.0507. The molecule has 0 saturated carbocycles. The average molecular weight is 463 g/mol. The molecule has 0 amide bonds. The van der Waals surface area contributed by atoms with Gasteiger partial charge in [0.25, 0.3) is 0 Å². The van der Waals surface area contributed by atoms with Crippen LogP contribution < -0.4 is 10.4 Å². The van der Waals surface area contributed by atoms with Crippen molar-refractivity contribution < 1.29 is 18.0 Å². The molecule has 5 rings (SSSR count). The fraction of sp³-hybridized carbons (Fsp3) is 0.381. The van der Waals surface area contributed by atoms with E-state index in [1.165, 1.54) is 16.4 Å². The summed E-state index contributed by atoms with van der Waals surface area (Å²) in [6.07, 6.45) is -2.42. The first kappa shape index (κ1) is 21.1. The fourth-order valence-electron chi connectivity index (χ4n) is 3.93. The van der Waals surface area contributed by atoms with E-state index in [1.54, 1.807) is 0 Å². The molecule has 1 N–H and O–H groups in total. The van der Waals surface area contributed by atoms with E-state index in [2.05, 4.69) is 25.2 Å². The molecule has 2 aliphatic heterocycles. The van der Waals surface area contributed by atoms with Gasteiger partial charge in [0.05, 0.1) is 18.3 Å². The predicted molar refractivity (Wildman–Crippen MR) is 115 cm³/mol. The summed E-state index contributed by atoms with van der Waals surface area (Å²) in [4.78, 5) is 21.7. The number of anilines is 3. The van der Waals surface area contributed by atoms with Gasteiger partial charge in [0.15, 0.2) is 10.9 Å². The Hall–Kier alpha value is -2.76. The zero-order chi connectivity index (χ0) is 22.3. The van der Waals surface area contributed by atoms with Crippen molar-refractivity contribution in [3.63, 3.8) is 0 Å². The van der Waals surface area contributed by atoms with Crippen LogP contribution in [-0.2, 0) is 24.0 Å². The van der Waals surface area contributed by atoms with Gasteiger partial charge in [-0.1, -0.05) is 30.3 Å². The zero-order valence-electron chi connectivity index (χ0n) is 17.3. The van der Waals surface area contributed by atoms with Crippen molar-refractivity contribution in [2.45, 2.75) is 31.6 Å². The van der Waals surface area contributed by atoms with E-state index in [-0.39, 0.29) is 17.8 Å². The largest absolute Gasteiger partial charge is 0.421 e. The second-order valence-electron chi connectivity index (χ2n) is 7.80. The highest BCUT2D eigenvalue weighted by Crippen LogP contribution is 2.41. The predicted octanol–water partition coefficient (Wildman–Crippen LogP) is 4.57. The van der Waals surface area contributed by atoms with Crippen LogP contribution >= 0.6 is 11.3 Å². The molecular weight excluding hydrogens is 441 g/mol. The maximum atomic E-state index is 13.8. The Balaban J connectivity index is 1.48. The normalized spacial score (nSPS) is 19.2. The van der Waals surface area contributed by atoms with Gasteiger partial charge in [0.2, 0.25) is 5.95 Å². The molecular formula is C21H21F3N6OS. The van der Waals surface area contributed by atoms with E-state index in [0.717, 1.165) is 41.8 Å². The lowest BCUT2D eigenvalue weighted by molar-refractivity contribution is -0.138. The molecule has 32 heavy (non-hydrogen) atoms. The standard InChI is InChI=1S/C21H21F3N6OS/c1-29-9-7-15-17(12-29)32-20(26-15)28-19-25-11-14(21(22,23)24)18(27-19)30-16(8-10-31-30)13-5-3-2-4-6-13/h2-6,11,16H,7-10,12H2,1H3,(H,25,26,27,28). The third-order valence-electron chi connectivity index (χ3n) is 5.51. The number of nitrogens with one attached hydrogen (secondary N) is 1. The Kier molecular flexibility index (Phi) is 5.48. The number of hydrogen-bond acceptors (Lipinski definition) is 8. The van der Waals surface area contributed by atoms with Crippen LogP contribution in [0, 0.1) is 0 Å². The Morgan fingerprint density at radius 1 is 1.19 bits per heavy atom. The van der Waals surface area contributed by atoms with Gasteiger partial charge in [0, 0.05) is 37.0 Å². The molecule has 7 nitrogen and oxygen atoms in total. The number of aromatic nitrogens is 3. The Labute approximate surface area is 186 Å². The van der Waals surface area contributed by atoms with Gasteiger partial charge in [-0.3, -0.25) is 10.2 Å². The Bertz CT molecular complexity index is 1110. The van der Waals surface area contributed by atoms with E-state index in [4.69, 9.17) is 4.84 Å². The maximum Gasteiger partial charge on any atom is 0.421 e. The summed E-state index contributed by atoms with van der Waals surface area (Å²) >= 11 is 1.47. The highest BCUT2D eigenvalue weighted by Gasteiger charge is 2.40. The minimum atomic E-state index is -4.62. The van der Waals surface area contributed by atoms with Gasteiger partial charge in [-0.2, -0.15) is 18.2 Å². The molecule has 11 heteroatoms. The maximum absolute atomic E-state index is 13.8. The summed E-state index contributed by atoms with van der Waals surface area (Å²) in [6, 6.07) is 8.94. The van der Waals surface area contributed by atoms with Crippen LogP contribution in [0.15, 0.2) is 36.5 Å². The van der Waals surface area contributed by atoms with E-state index >= 15 is 0 Å². The topological polar surface area (TPSA) is 66.4 Å². The lowest BCUT2D eigenvalue weighted by Crippen LogP contribution is -2.26. The molecule has 4 heterocycles. The second kappa shape index (κ2) is 8.30. The number of halogens is 3. The molecule has 0 bridgehead atoms. The van der Waals surface area contributed by atoms with Crippen molar-refractivity contribution in [3.8, 4) is 0 Å². The monoisotopic (exact) mass is 462 g/mol. The van der Waals surface area contributed by atoms with E-state index in [9.17, 15) is 13.2 Å². The number of fused-ring (bicyclic) bond motifs is 1. The van der Waals surface area contributed by atoms with Crippen molar-refractivity contribution in [1.82, 2.24) is 19.9 Å². The highest BCUT2D eigenvalue weighted by atomic mass is 32.1. The molecule has 3 aromatic rings. The molecule has 2 aromatic heterocycles. The van der Waals surface area contributed by atoms with Crippen LogP contribution in [0.1, 0.15) is 34.2 Å². The molecule has 1 unspecified atom stereocenters. The van der Waals surface area contributed by atoms with Crippen LogP contribution in [-0.4, -0.2) is 40.1 Å². The van der Waals surface area contributed by atoms with Gasteiger partial charge in [-0.15, -0.1) is 11.3 Å². The van der Waals surface area contributed by atoms with Gasteiger partial charge in [0.1, 0.15) is 5.56 Å². The molecule has 0 radical (unpaired) electrons. The van der Waals surface area contributed by atoms with Gasteiger partial charge >= 0.3 is 6.18 Å². The molecule has 1 saturated heterocycles. The van der Waals surface area contributed by atoms with Gasteiger partial charge in [-0.25, -0.2) is 15.0 Å². The Morgan fingerprint density at radius 2 is 2.00 bits per heavy atom. The van der Waals surface area contributed by atoms with Crippen LogP contribution in [0.3, 0.4) is 0 Å². The van der Waals surface area contributed by atoms with E-state index in [0.29, 0.717) is 18.2 Å².